The zero-order chi connectivity index (χ0) is 17.7. The Labute approximate surface area is 150 Å². The molecular weight excluding hydrogens is 351 g/mol. The van der Waals surface area contributed by atoms with Crippen LogP contribution in [0.25, 0.3) is 0 Å². The number of hydrogen-bond donors (Lipinski definition) is 1. The quantitative estimate of drug-likeness (QED) is 0.817. The number of rotatable bonds is 4. The molecule has 1 saturated carbocycles. The van der Waals surface area contributed by atoms with E-state index in [2.05, 4.69) is 11.4 Å². The zero-order valence-electron chi connectivity index (χ0n) is 13.3. The van der Waals surface area contributed by atoms with Gasteiger partial charge in [-0.1, -0.05) is 42.5 Å². The van der Waals surface area contributed by atoms with Crippen LogP contribution in [0.1, 0.15) is 49.4 Å². The van der Waals surface area contributed by atoms with Crippen LogP contribution in [-0.2, 0) is 9.53 Å². The molecule has 24 heavy (non-hydrogen) atoms. The van der Waals surface area contributed by atoms with Crippen molar-refractivity contribution in [1.29, 1.82) is 5.26 Å². The summed E-state index contributed by atoms with van der Waals surface area (Å²) in [4.78, 5) is 24.4. The summed E-state index contributed by atoms with van der Waals surface area (Å²) in [7, 11) is 0. The number of nitriles is 1. The molecule has 5 nitrogen and oxygen atoms in total. The molecule has 0 bridgehead atoms. The molecular formula is C17H18Cl2N2O3. The Balaban J connectivity index is 2.00. The largest absolute Gasteiger partial charge is 0.449 e. The second-order valence-electron chi connectivity index (χ2n) is 5.92. The lowest BCUT2D eigenvalue weighted by molar-refractivity contribution is -0.130. The highest BCUT2D eigenvalue weighted by Crippen LogP contribution is 2.28. The van der Waals surface area contributed by atoms with Gasteiger partial charge in [-0.25, -0.2) is 4.79 Å². The number of nitrogens with one attached hydrogen (secondary N) is 1. The molecule has 0 unspecified atom stereocenters. The normalized spacial score (nSPS) is 17.4. The predicted molar refractivity (Wildman–Crippen MR) is 90.9 cm³/mol. The van der Waals surface area contributed by atoms with Crippen molar-refractivity contribution in [2.75, 3.05) is 0 Å². The van der Waals surface area contributed by atoms with Crippen molar-refractivity contribution in [3.05, 3.63) is 33.8 Å². The lowest BCUT2D eigenvalue weighted by Crippen LogP contribution is -2.52. The molecule has 0 heterocycles. The molecule has 1 aliphatic carbocycles. The number of nitrogens with zero attached hydrogens (tertiary/aromatic N) is 1. The summed E-state index contributed by atoms with van der Waals surface area (Å²) in [5, 5.41) is 12.7. The maximum Gasteiger partial charge on any atom is 0.340 e. The van der Waals surface area contributed by atoms with E-state index in [4.69, 9.17) is 27.9 Å². The number of benzene rings is 1. The second-order valence-corrected chi connectivity index (χ2v) is 6.76. The number of halogens is 2. The molecule has 0 spiro atoms. The van der Waals surface area contributed by atoms with Crippen molar-refractivity contribution in [2.24, 2.45) is 0 Å². The van der Waals surface area contributed by atoms with Crippen molar-refractivity contribution in [3.8, 4) is 6.07 Å². The summed E-state index contributed by atoms with van der Waals surface area (Å²) in [6.45, 7) is 1.46. The van der Waals surface area contributed by atoms with Gasteiger partial charge in [-0.15, -0.1) is 0 Å². The van der Waals surface area contributed by atoms with Crippen LogP contribution < -0.4 is 5.32 Å². The van der Waals surface area contributed by atoms with E-state index >= 15 is 0 Å². The first kappa shape index (κ1) is 18.6. The Bertz CT molecular complexity index is 679. The highest BCUT2D eigenvalue weighted by molar-refractivity contribution is 6.36. The van der Waals surface area contributed by atoms with Crippen LogP contribution in [0, 0.1) is 11.3 Å². The Hall–Kier alpha value is -1.77. The fraction of sp³-hybridized carbons (Fsp3) is 0.471. The monoisotopic (exact) mass is 368 g/mol. The molecule has 0 saturated heterocycles. The molecule has 128 valence electrons. The van der Waals surface area contributed by atoms with Crippen LogP contribution in [0.15, 0.2) is 18.2 Å². The van der Waals surface area contributed by atoms with Gasteiger partial charge in [0.1, 0.15) is 5.54 Å². The van der Waals surface area contributed by atoms with Gasteiger partial charge in [-0.3, -0.25) is 4.79 Å². The van der Waals surface area contributed by atoms with E-state index in [1.165, 1.54) is 25.1 Å². The average Bonchev–Trinajstić information content (AvgIpc) is 2.55. The Morgan fingerprint density at radius 2 is 1.96 bits per heavy atom. The number of ether oxygens (including phenoxy) is 1. The highest BCUT2D eigenvalue weighted by Gasteiger charge is 2.35. The van der Waals surface area contributed by atoms with Crippen molar-refractivity contribution in [2.45, 2.75) is 50.7 Å². The van der Waals surface area contributed by atoms with Gasteiger partial charge in [0.05, 0.1) is 16.7 Å². The van der Waals surface area contributed by atoms with E-state index in [-0.39, 0.29) is 10.6 Å². The second kappa shape index (κ2) is 7.87. The van der Waals surface area contributed by atoms with Gasteiger partial charge in [0.2, 0.25) is 0 Å². The van der Waals surface area contributed by atoms with Crippen LogP contribution in [0.4, 0.5) is 0 Å². The van der Waals surface area contributed by atoms with Crippen LogP contribution in [-0.4, -0.2) is 23.5 Å². The number of amides is 1. The third kappa shape index (κ3) is 4.40. The van der Waals surface area contributed by atoms with E-state index in [9.17, 15) is 14.9 Å². The van der Waals surface area contributed by atoms with Gasteiger partial charge in [-0.2, -0.15) is 5.26 Å². The standard InChI is InChI=1S/C17H18Cl2N2O3/c1-11(15(22)21-17(10-20)7-3-2-4-8-17)24-16(23)13-6-5-12(18)9-14(13)19/h5-6,9,11H,2-4,7-8H2,1H3,(H,21,22)/t11-/m0/s1. The fourth-order valence-corrected chi connectivity index (χ4v) is 3.18. The smallest absolute Gasteiger partial charge is 0.340 e. The molecule has 2 rings (SSSR count). The molecule has 0 aromatic heterocycles. The Kier molecular flexibility index (Phi) is 6.09. The van der Waals surface area contributed by atoms with E-state index in [0.29, 0.717) is 17.9 Å². The van der Waals surface area contributed by atoms with E-state index in [0.717, 1.165) is 19.3 Å². The highest BCUT2D eigenvalue weighted by atomic mass is 35.5. The summed E-state index contributed by atoms with van der Waals surface area (Å²) in [6.07, 6.45) is 3.03. The van der Waals surface area contributed by atoms with Gasteiger partial charge >= 0.3 is 5.97 Å². The summed E-state index contributed by atoms with van der Waals surface area (Å²) >= 11 is 11.7. The first-order valence-corrected chi connectivity index (χ1v) is 8.52. The minimum atomic E-state index is -1.03. The van der Waals surface area contributed by atoms with Crippen molar-refractivity contribution < 1.29 is 14.3 Å². The molecule has 1 fully saturated rings. The van der Waals surface area contributed by atoms with Gasteiger partial charge in [0.25, 0.3) is 5.91 Å². The van der Waals surface area contributed by atoms with Crippen molar-refractivity contribution >= 4 is 35.1 Å². The summed E-state index contributed by atoms with van der Waals surface area (Å²) in [5.41, 5.74) is -0.734. The molecule has 1 aliphatic rings. The summed E-state index contributed by atoms with van der Waals surface area (Å²) in [5.74, 6) is -1.20. The molecule has 1 atom stereocenters. The average molecular weight is 369 g/mol. The van der Waals surface area contributed by atoms with Crippen LogP contribution in [0.5, 0.6) is 0 Å². The van der Waals surface area contributed by atoms with E-state index in [1.807, 2.05) is 0 Å². The third-order valence-electron chi connectivity index (χ3n) is 4.09. The maximum atomic E-state index is 12.3. The van der Waals surface area contributed by atoms with Crippen LogP contribution in [0.3, 0.4) is 0 Å². The first-order valence-electron chi connectivity index (χ1n) is 7.76. The van der Waals surface area contributed by atoms with Gasteiger partial charge in [-0.05, 0) is 38.0 Å². The van der Waals surface area contributed by atoms with Gasteiger partial charge in [0, 0.05) is 5.02 Å². The molecule has 1 aromatic rings. The number of hydrogen-bond acceptors (Lipinski definition) is 4. The molecule has 0 aliphatic heterocycles. The lowest BCUT2D eigenvalue weighted by Gasteiger charge is -2.32. The maximum absolute atomic E-state index is 12.3. The number of carbonyl (C=O) groups is 2. The molecule has 1 amide bonds. The van der Waals surface area contributed by atoms with Crippen LogP contribution >= 0.6 is 23.2 Å². The fourth-order valence-electron chi connectivity index (χ4n) is 2.69. The molecule has 0 radical (unpaired) electrons. The Morgan fingerprint density at radius 1 is 1.29 bits per heavy atom. The van der Waals surface area contributed by atoms with Crippen molar-refractivity contribution in [3.63, 3.8) is 0 Å². The third-order valence-corrected chi connectivity index (χ3v) is 4.64. The first-order chi connectivity index (χ1) is 11.4. The number of esters is 1. The van der Waals surface area contributed by atoms with Crippen molar-refractivity contribution in [1.82, 2.24) is 5.32 Å². The Morgan fingerprint density at radius 3 is 2.54 bits per heavy atom. The van der Waals surface area contributed by atoms with Gasteiger partial charge < -0.3 is 10.1 Å². The molecule has 7 heteroatoms. The van der Waals surface area contributed by atoms with Gasteiger partial charge in [0.15, 0.2) is 6.10 Å². The predicted octanol–water partition coefficient (Wildman–Crippen LogP) is 3.88. The minimum Gasteiger partial charge on any atom is -0.449 e. The summed E-state index contributed by atoms with van der Waals surface area (Å²) in [6, 6.07) is 6.58. The minimum absolute atomic E-state index is 0.133. The topological polar surface area (TPSA) is 79.2 Å². The van der Waals surface area contributed by atoms with E-state index < -0.39 is 23.5 Å². The number of carbonyl (C=O) groups excluding carboxylic acids is 2. The SMILES string of the molecule is C[C@H](OC(=O)c1ccc(Cl)cc1Cl)C(=O)NC1(C#N)CCCCC1. The van der Waals surface area contributed by atoms with Crippen LogP contribution in [0.2, 0.25) is 10.0 Å². The summed E-state index contributed by atoms with van der Waals surface area (Å²) < 4.78 is 5.16. The van der Waals surface area contributed by atoms with E-state index in [1.54, 1.807) is 0 Å². The molecule has 1 N–H and O–H groups in total. The zero-order valence-corrected chi connectivity index (χ0v) is 14.8. The molecule has 1 aromatic carbocycles. The lowest BCUT2D eigenvalue weighted by atomic mass is 9.83.